The summed E-state index contributed by atoms with van der Waals surface area (Å²) in [6.07, 6.45) is 2.05. The van der Waals surface area contributed by atoms with E-state index >= 15 is 0 Å². The molecular weight excluding hydrogens is 332 g/mol. The van der Waals surface area contributed by atoms with E-state index in [2.05, 4.69) is 16.3 Å². The number of fused-ring (bicyclic) bond motifs is 1. The molecule has 2 heterocycles. The highest BCUT2D eigenvalue weighted by Gasteiger charge is 2.31. The molecule has 1 unspecified atom stereocenters. The Bertz CT molecular complexity index is 588. The molecule has 1 N–H and O–H groups in total. The molecule has 1 aromatic rings. The Morgan fingerprint density at radius 1 is 1.21 bits per heavy atom. The number of rotatable bonds is 5. The average Bonchev–Trinajstić information content (AvgIpc) is 3.34. The Balaban J connectivity index is 0.00000169. The number of amides is 1. The van der Waals surface area contributed by atoms with Gasteiger partial charge in [-0.05, 0) is 30.5 Å². The second-order valence-corrected chi connectivity index (χ2v) is 6.30. The van der Waals surface area contributed by atoms with Crippen LogP contribution in [0.15, 0.2) is 18.2 Å². The Kier molecular flexibility index (Phi) is 5.48. The number of carbonyl (C=O) groups excluding carboxylic acids is 1. The van der Waals surface area contributed by atoms with E-state index in [9.17, 15) is 4.79 Å². The van der Waals surface area contributed by atoms with Crippen molar-refractivity contribution in [2.24, 2.45) is 5.92 Å². The van der Waals surface area contributed by atoms with Crippen LogP contribution in [-0.4, -0.2) is 50.4 Å². The van der Waals surface area contributed by atoms with Crippen molar-refractivity contribution in [3.63, 3.8) is 0 Å². The summed E-state index contributed by atoms with van der Waals surface area (Å²) in [5.74, 6) is 1.99. The number of halogens is 1. The van der Waals surface area contributed by atoms with Crippen molar-refractivity contribution in [1.82, 2.24) is 10.2 Å². The molecule has 0 aromatic heterocycles. The van der Waals surface area contributed by atoms with Crippen LogP contribution in [0.2, 0.25) is 0 Å². The molecule has 7 heteroatoms. The molecule has 2 aliphatic heterocycles. The standard InChI is InChI=1S/C17H22N2O4.ClH/c20-17(12-1-2-12)18-10-14(19-5-7-21-8-6-19)13-3-4-15-16(9-13)23-11-22-15;/h3-4,9,12,14H,1-2,5-8,10-11H2,(H,18,20);1H. The molecule has 0 bridgehead atoms. The van der Waals surface area contributed by atoms with E-state index in [0.717, 1.165) is 56.2 Å². The van der Waals surface area contributed by atoms with Crippen LogP contribution in [0.25, 0.3) is 0 Å². The molecular formula is C17H23ClN2O4. The Hall–Kier alpha value is -1.50. The topological polar surface area (TPSA) is 60.0 Å². The maximum atomic E-state index is 12.0. The molecule has 1 aromatic carbocycles. The van der Waals surface area contributed by atoms with Gasteiger partial charge in [0, 0.05) is 25.6 Å². The fraction of sp³-hybridized carbons (Fsp3) is 0.588. The summed E-state index contributed by atoms with van der Waals surface area (Å²) in [7, 11) is 0. The number of hydrogen-bond acceptors (Lipinski definition) is 5. The molecule has 3 aliphatic rings. The first-order valence-electron chi connectivity index (χ1n) is 8.30. The molecule has 1 aliphatic carbocycles. The molecule has 1 saturated carbocycles. The fourth-order valence-corrected chi connectivity index (χ4v) is 3.15. The van der Waals surface area contributed by atoms with Crippen LogP contribution in [0.1, 0.15) is 24.4 Å². The lowest BCUT2D eigenvalue weighted by Crippen LogP contribution is -2.44. The summed E-state index contributed by atoms with van der Waals surface area (Å²) in [4.78, 5) is 14.4. The van der Waals surface area contributed by atoms with Gasteiger partial charge in [0.2, 0.25) is 12.7 Å². The highest BCUT2D eigenvalue weighted by atomic mass is 35.5. The highest BCUT2D eigenvalue weighted by Crippen LogP contribution is 2.35. The van der Waals surface area contributed by atoms with E-state index < -0.39 is 0 Å². The molecule has 0 spiro atoms. The number of benzene rings is 1. The quantitative estimate of drug-likeness (QED) is 0.872. The van der Waals surface area contributed by atoms with Gasteiger partial charge in [0.15, 0.2) is 11.5 Å². The van der Waals surface area contributed by atoms with Gasteiger partial charge in [-0.15, -0.1) is 12.4 Å². The van der Waals surface area contributed by atoms with E-state index in [1.54, 1.807) is 0 Å². The predicted octanol–water partition coefficient (Wildman–Crippen LogP) is 1.74. The summed E-state index contributed by atoms with van der Waals surface area (Å²) >= 11 is 0. The molecule has 0 radical (unpaired) electrons. The van der Waals surface area contributed by atoms with Crippen molar-refractivity contribution >= 4 is 18.3 Å². The van der Waals surface area contributed by atoms with Crippen LogP contribution in [-0.2, 0) is 9.53 Å². The number of ether oxygens (including phenoxy) is 3. The smallest absolute Gasteiger partial charge is 0.231 e. The van der Waals surface area contributed by atoms with Crippen LogP contribution in [0.3, 0.4) is 0 Å². The third-order valence-electron chi connectivity index (χ3n) is 4.69. The Labute approximate surface area is 147 Å². The molecule has 1 saturated heterocycles. The number of nitrogens with one attached hydrogen (secondary N) is 1. The highest BCUT2D eigenvalue weighted by molar-refractivity contribution is 5.85. The monoisotopic (exact) mass is 354 g/mol. The lowest BCUT2D eigenvalue weighted by Gasteiger charge is -2.35. The minimum Gasteiger partial charge on any atom is -0.454 e. The molecule has 1 atom stereocenters. The molecule has 132 valence electrons. The number of morpholine rings is 1. The van der Waals surface area contributed by atoms with Gasteiger partial charge in [-0.1, -0.05) is 6.07 Å². The van der Waals surface area contributed by atoms with Gasteiger partial charge < -0.3 is 19.5 Å². The number of hydrogen-bond donors (Lipinski definition) is 1. The molecule has 1 amide bonds. The third kappa shape index (κ3) is 3.77. The van der Waals surface area contributed by atoms with Crippen LogP contribution in [0.4, 0.5) is 0 Å². The van der Waals surface area contributed by atoms with Gasteiger partial charge in [0.05, 0.1) is 19.3 Å². The zero-order valence-electron chi connectivity index (χ0n) is 13.5. The van der Waals surface area contributed by atoms with E-state index in [-0.39, 0.29) is 37.1 Å². The average molecular weight is 355 g/mol. The molecule has 6 nitrogen and oxygen atoms in total. The summed E-state index contributed by atoms with van der Waals surface area (Å²) in [5, 5.41) is 3.11. The van der Waals surface area contributed by atoms with Crippen LogP contribution >= 0.6 is 12.4 Å². The maximum Gasteiger partial charge on any atom is 0.231 e. The minimum atomic E-state index is 0. The molecule has 24 heavy (non-hydrogen) atoms. The van der Waals surface area contributed by atoms with Crippen LogP contribution in [0.5, 0.6) is 11.5 Å². The Morgan fingerprint density at radius 2 is 1.96 bits per heavy atom. The summed E-state index contributed by atoms with van der Waals surface area (Å²) < 4.78 is 16.3. The van der Waals surface area contributed by atoms with Crippen molar-refractivity contribution in [1.29, 1.82) is 0 Å². The van der Waals surface area contributed by atoms with E-state index in [1.807, 2.05) is 12.1 Å². The van der Waals surface area contributed by atoms with Crippen molar-refractivity contribution in [2.75, 3.05) is 39.6 Å². The first-order chi connectivity index (χ1) is 11.3. The van der Waals surface area contributed by atoms with Gasteiger partial charge >= 0.3 is 0 Å². The van der Waals surface area contributed by atoms with Gasteiger partial charge in [-0.2, -0.15) is 0 Å². The predicted molar refractivity (Wildman–Crippen MR) is 90.7 cm³/mol. The normalized spacial score (nSPS) is 21.0. The van der Waals surface area contributed by atoms with Crippen molar-refractivity contribution in [3.05, 3.63) is 23.8 Å². The van der Waals surface area contributed by atoms with Gasteiger partial charge in [-0.3, -0.25) is 9.69 Å². The van der Waals surface area contributed by atoms with Gasteiger partial charge in [0.1, 0.15) is 0 Å². The van der Waals surface area contributed by atoms with Crippen LogP contribution in [0, 0.1) is 5.92 Å². The first kappa shape index (κ1) is 17.3. The lowest BCUT2D eigenvalue weighted by molar-refractivity contribution is -0.122. The van der Waals surface area contributed by atoms with E-state index in [1.165, 1.54) is 0 Å². The fourth-order valence-electron chi connectivity index (χ4n) is 3.15. The van der Waals surface area contributed by atoms with Crippen LogP contribution < -0.4 is 14.8 Å². The molecule has 2 fully saturated rings. The van der Waals surface area contributed by atoms with Gasteiger partial charge in [0.25, 0.3) is 0 Å². The van der Waals surface area contributed by atoms with E-state index in [4.69, 9.17) is 14.2 Å². The largest absolute Gasteiger partial charge is 0.454 e. The summed E-state index contributed by atoms with van der Waals surface area (Å²) in [6.45, 7) is 4.11. The second-order valence-electron chi connectivity index (χ2n) is 6.30. The SMILES string of the molecule is Cl.O=C(NCC(c1ccc2c(c1)OCO2)N1CCOCC1)C1CC1. The number of carbonyl (C=O) groups is 1. The zero-order valence-corrected chi connectivity index (χ0v) is 14.3. The summed E-state index contributed by atoms with van der Waals surface area (Å²) in [6, 6.07) is 6.19. The van der Waals surface area contributed by atoms with E-state index in [0.29, 0.717) is 6.54 Å². The number of nitrogens with zero attached hydrogens (tertiary/aromatic N) is 1. The lowest BCUT2D eigenvalue weighted by atomic mass is 10.0. The zero-order chi connectivity index (χ0) is 15.6. The van der Waals surface area contributed by atoms with Gasteiger partial charge in [-0.25, -0.2) is 0 Å². The third-order valence-corrected chi connectivity index (χ3v) is 4.69. The molecule has 4 rings (SSSR count). The van der Waals surface area contributed by atoms with Crippen molar-refractivity contribution in [2.45, 2.75) is 18.9 Å². The van der Waals surface area contributed by atoms with Crippen molar-refractivity contribution in [3.8, 4) is 11.5 Å². The first-order valence-corrected chi connectivity index (χ1v) is 8.30. The minimum absolute atomic E-state index is 0. The Morgan fingerprint density at radius 3 is 2.71 bits per heavy atom. The maximum absolute atomic E-state index is 12.0. The van der Waals surface area contributed by atoms with Crippen molar-refractivity contribution < 1.29 is 19.0 Å². The second kappa shape index (κ2) is 7.59. The summed E-state index contributed by atoms with van der Waals surface area (Å²) in [5.41, 5.74) is 1.15.